The molecule has 0 spiro atoms. The normalized spacial score (nSPS) is 12.5. The molecule has 3 N–H and O–H groups in total. The third-order valence-electron chi connectivity index (χ3n) is 8.73. The van der Waals surface area contributed by atoms with Gasteiger partial charge in [-0.3, -0.25) is 9.59 Å². The summed E-state index contributed by atoms with van der Waals surface area (Å²) in [5.41, 5.74) is 0.0989. The molecule has 0 aromatic heterocycles. The molecule has 2 atom stereocenters. The van der Waals surface area contributed by atoms with Crippen molar-refractivity contribution in [3.05, 3.63) is 35.9 Å². The van der Waals surface area contributed by atoms with Gasteiger partial charge < -0.3 is 25.4 Å². The van der Waals surface area contributed by atoms with Crippen LogP contribution in [-0.2, 0) is 30.5 Å². The first-order valence-electron chi connectivity index (χ1n) is 20.4. The van der Waals surface area contributed by atoms with Gasteiger partial charge in [0.15, 0.2) is 0 Å². The van der Waals surface area contributed by atoms with Crippen LogP contribution in [0.25, 0.3) is 0 Å². The zero-order chi connectivity index (χ0) is 38.3. The highest BCUT2D eigenvalue weighted by atomic mass is 32.2. The van der Waals surface area contributed by atoms with Gasteiger partial charge >= 0.3 is 12.1 Å². The van der Waals surface area contributed by atoms with Crippen molar-refractivity contribution in [2.75, 3.05) is 18.1 Å². The summed E-state index contributed by atoms with van der Waals surface area (Å²) in [6.07, 6.45) is 21.5. The third-order valence-corrected chi connectivity index (χ3v) is 9.93. The number of hydrogen-bond acceptors (Lipinski definition) is 7. The van der Waals surface area contributed by atoms with Crippen LogP contribution >= 0.6 is 11.8 Å². The van der Waals surface area contributed by atoms with Crippen LogP contribution in [0.5, 0.6) is 0 Å². The first-order chi connectivity index (χ1) is 25.0. The summed E-state index contributed by atoms with van der Waals surface area (Å²) in [5.74, 6) is 0.0549. The summed E-state index contributed by atoms with van der Waals surface area (Å²) in [6.45, 7) is 10.2. The minimum absolute atomic E-state index is 0.0133. The second-order valence-electron chi connectivity index (χ2n) is 15.1. The molecule has 0 saturated heterocycles. The lowest BCUT2D eigenvalue weighted by Crippen LogP contribution is -2.47. The van der Waals surface area contributed by atoms with E-state index >= 15 is 0 Å². The molecule has 0 aliphatic rings. The molecule has 2 unspecified atom stereocenters. The van der Waals surface area contributed by atoms with Crippen LogP contribution in [0.15, 0.2) is 30.3 Å². The highest BCUT2D eigenvalue weighted by Gasteiger charge is 2.28. The predicted molar refractivity (Wildman–Crippen MR) is 215 cm³/mol. The average molecular weight is 748 g/mol. The van der Waals surface area contributed by atoms with Crippen molar-refractivity contribution in [3.8, 4) is 0 Å². The third kappa shape index (κ3) is 27.8. The van der Waals surface area contributed by atoms with E-state index in [9.17, 15) is 19.2 Å². The fourth-order valence-electron chi connectivity index (χ4n) is 5.75. The van der Waals surface area contributed by atoms with E-state index in [1.165, 1.54) is 88.8 Å². The SMILES string of the molecule is CCCCCCCCCCCC(=O)NCC(CSCC(NC(=O)OCc1ccccc1)C(=O)OC(C)(C)C)NC(=O)CCCCCCCCCCC. The molecule has 0 saturated carbocycles. The van der Waals surface area contributed by atoms with Crippen molar-refractivity contribution < 1.29 is 28.7 Å². The number of hydrogen-bond donors (Lipinski definition) is 3. The summed E-state index contributed by atoms with van der Waals surface area (Å²) in [6, 6.07) is 8.04. The topological polar surface area (TPSA) is 123 Å². The maximum absolute atomic E-state index is 13.1. The first-order valence-corrected chi connectivity index (χ1v) is 21.5. The summed E-state index contributed by atoms with van der Waals surface area (Å²) < 4.78 is 11.0. The number of unbranched alkanes of at least 4 members (excludes halogenated alkanes) is 16. The van der Waals surface area contributed by atoms with Crippen molar-refractivity contribution in [2.45, 2.75) is 187 Å². The number of amides is 3. The molecular formula is C42H73N3O6S. The van der Waals surface area contributed by atoms with Crippen LogP contribution in [0.4, 0.5) is 4.79 Å². The Bertz CT molecular complexity index is 1080. The van der Waals surface area contributed by atoms with Crippen LogP contribution in [0.1, 0.15) is 169 Å². The molecule has 0 aliphatic carbocycles. The van der Waals surface area contributed by atoms with Crippen molar-refractivity contribution in [1.29, 1.82) is 0 Å². The van der Waals surface area contributed by atoms with Gasteiger partial charge in [-0.1, -0.05) is 147 Å². The molecule has 0 fully saturated rings. The van der Waals surface area contributed by atoms with Gasteiger partial charge in [0.2, 0.25) is 11.8 Å². The highest BCUT2D eigenvalue weighted by Crippen LogP contribution is 2.15. The van der Waals surface area contributed by atoms with E-state index in [-0.39, 0.29) is 30.2 Å². The molecule has 0 bridgehead atoms. The second-order valence-corrected chi connectivity index (χ2v) is 16.1. The molecule has 1 aromatic rings. The highest BCUT2D eigenvalue weighted by molar-refractivity contribution is 7.99. The predicted octanol–water partition coefficient (Wildman–Crippen LogP) is 9.80. The standard InChI is InChI=1S/C42H73N3O6S/c1-6-8-10-12-14-16-18-20-25-29-38(46)43-31-36(44-39(47)30-26-21-19-17-15-13-11-9-7-2)33-52-34-37(40(48)51-42(3,4)5)45-41(49)50-32-35-27-23-22-24-28-35/h22-24,27-28,36-37H,6-21,25-26,29-34H2,1-5H3,(H,43,46)(H,44,47)(H,45,49). The van der Waals surface area contributed by atoms with E-state index < -0.39 is 23.7 Å². The molecule has 0 aliphatic heterocycles. The Hall–Kier alpha value is -2.75. The lowest BCUT2D eigenvalue weighted by Gasteiger charge is -2.25. The van der Waals surface area contributed by atoms with Gasteiger partial charge in [-0.25, -0.2) is 9.59 Å². The average Bonchev–Trinajstić information content (AvgIpc) is 3.10. The molecule has 0 heterocycles. The molecule has 1 rings (SSSR count). The maximum Gasteiger partial charge on any atom is 0.408 e. The number of benzene rings is 1. The number of carbonyl (C=O) groups excluding carboxylic acids is 4. The van der Waals surface area contributed by atoms with Crippen LogP contribution in [0, 0.1) is 0 Å². The summed E-state index contributed by atoms with van der Waals surface area (Å²) in [4.78, 5) is 51.5. The number of alkyl carbamates (subject to hydrolysis) is 1. The molecule has 10 heteroatoms. The number of thioether (sulfide) groups is 1. The van der Waals surface area contributed by atoms with E-state index in [2.05, 4.69) is 29.8 Å². The first kappa shape index (κ1) is 47.3. The zero-order valence-electron chi connectivity index (χ0n) is 33.4. The fourth-order valence-corrected chi connectivity index (χ4v) is 6.82. The number of esters is 1. The van der Waals surface area contributed by atoms with E-state index in [1.807, 2.05) is 30.3 Å². The van der Waals surface area contributed by atoms with E-state index in [4.69, 9.17) is 9.47 Å². The molecular weight excluding hydrogens is 675 g/mol. The Balaban J connectivity index is 2.68. The van der Waals surface area contributed by atoms with Crippen molar-refractivity contribution >= 4 is 35.6 Å². The molecule has 52 heavy (non-hydrogen) atoms. The van der Waals surface area contributed by atoms with Gasteiger partial charge in [0.25, 0.3) is 0 Å². The minimum atomic E-state index is -0.952. The van der Waals surface area contributed by atoms with E-state index in [1.54, 1.807) is 20.8 Å². The molecule has 1 aromatic carbocycles. The molecule has 298 valence electrons. The number of rotatable bonds is 31. The summed E-state index contributed by atoms with van der Waals surface area (Å²) in [5, 5.41) is 8.82. The Kier molecular flexibility index (Phi) is 27.9. The smallest absolute Gasteiger partial charge is 0.408 e. The van der Waals surface area contributed by atoms with Crippen LogP contribution in [0.2, 0.25) is 0 Å². The Morgan fingerprint density at radius 1 is 0.654 bits per heavy atom. The number of ether oxygens (including phenoxy) is 2. The minimum Gasteiger partial charge on any atom is -0.458 e. The summed E-state index contributed by atoms with van der Waals surface area (Å²) in [7, 11) is 0. The Morgan fingerprint density at radius 3 is 1.67 bits per heavy atom. The maximum atomic E-state index is 13.1. The lowest BCUT2D eigenvalue weighted by molar-refractivity contribution is -0.156. The number of carbonyl (C=O) groups is 4. The Labute approximate surface area is 320 Å². The van der Waals surface area contributed by atoms with Gasteiger partial charge in [0, 0.05) is 30.9 Å². The zero-order valence-corrected chi connectivity index (χ0v) is 34.2. The van der Waals surface area contributed by atoms with Gasteiger partial charge in [0.05, 0.1) is 6.04 Å². The lowest BCUT2D eigenvalue weighted by atomic mass is 10.1. The van der Waals surface area contributed by atoms with Gasteiger partial charge in [-0.2, -0.15) is 11.8 Å². The Morgan fingerprint density at radius 2 is 1.15 bits per heavy atom. The molecule has 3 amide bonds. The monoisotopic (exact) mass is 748 g/mol. The van der Waals surface area contributed by atoms with Crippen LogP contribution in [-0.4, -0.2) is 59.6 Å². The van der Waals surface area contributed by atoms with Crippen molar-refractivity contribution in [2.24, 2.45) is 0 Å². The largest absolute Gasteiger partial charge is 0.458 e. The quantitative estimate of drug-likeness (QED) is 0.0511. The fraction of sp³-hybridized carbons (Fsp3) is 0.762. The van der Waals surface area contributed by atoms with Gasteiger partial charge in [-0.15, -0.1) is 0 Å². The van der Waals surface area contributed by atoms with E-state index in [0.29, 0.717) is 25.1 Å². The van der Waals surface area contributed by atoms with Gasteiger partial charge in [0.1, 0.15) is 18.2 Å². The summed E-state index contributed by atoms with van der Waals surface area (Å²) >= 11 is 1.41. The second kappa shape index (κ2) is 30.7. The number of nitrogens with one attached hydrogen (secondary N) is 3. The van der Waals surface area contributed by atoms with Gasteiger partial charge in [-0.05, 0) is 39.2 Å². The van der Waals surface area contributed by atoms with Crippen LogP contribution in [0.3, 0.4) is 0 Å². The molecule has 9 nitrogen and oxygen atoms in total. The van der Waals surface area contributed by atoms with Crippen molar-refractivity contribution in [3.63, 3.8) is 0 Å². The molecule has 0 radical (unpaired) electrons. The van der Waals surface area contributed by atoms with E-state index in [0.717, 1.165) is 44.1 Å². The van der Waals surface area contributed by atoms with Crippen molar-refractivity contribution in [1.82, 2.24) is 16.0 Å². The van der Waals surface area contributed by atoms with Crippen LogP contribution < -0.4 is 16.0 Å².